The Labute approximate surface area is 102 Å². The van der Waals surface area contributed by atoms with E-state index in [0.717, 1.165) is 13.1 Å². The van der Waals surface area contributed by atoms with Gasteiger partial charge in [-0.1, -0.05) is 6.08 Å². The van der Waals surface area contributed by atoms with Crippen LogP contribution in [0.4, 0.5) is 0 Å². The summed E-state index contributed by atoms with van der Waals surface area (Å²) in [7, 11) is 0. The topological polar surface area (TPSA) is 24.1 Å². The normalized spacial score (nSPS) is 30.1. The Morgan fingerprint density at radius 1 is 1.29 bits per heavy atom. The predicted octanol–water partition coefficient (Wildman–Crippen LogP) is 2.39. The Bertz CT molecular complexity index is 517. The fourth-order valence-electron chi connectivity index (χ4n) is 3.68. The third-order valence-electron chi connectivity index (χ3n) is 4.44. The summed E-state index contributed by atoms with van der Waals surface area (Å²) < 4.78 is 0. The van der Waals surface area contributed by atoms with Crippen molar-refractivity contribution in [1.82, 2.24) is 10.6 Å². The van der Waals surface area contributed by atoms with Crippen LogP contribution in [0, 0.1) is 5.92 Å². The van der Waals surface area contributed by atoms with Crippen molar-refractivity contribution in [2.75, 3.05) is 13.1 Å². The molecule has 0 spiro atoms. The number of rotatable bonds is 0. The van der Waals surface area contributed by atoms with Gasteiger partial charge in [0.15, 0.2) is 0 Å². The molecule has 2 heteroatoms. The van der Waals surface area contributed by atoms with Crippen LogP contribution in [-0.2, 0) is 0 Å². The summed E-state index contributed by atoms with van der Waals surface area (Å²) >= 11 is 0. The summed E-state index contributed by atoms with van der Waals surface area (Å²) in [4.78, 5) is 0. The molecule has 1 unspecified atom stereocenters. The first-order valence-electron chi connectivity index (χ1n) is 6.65. The molecule has 0 aromatic carbocycles. The Morgan fingerprint density at radius 3 is 3.18 bits per heavy atom. The lowest BCUT2D eigenvalue weighted by molar-refractivity contribution is 0.537. The number of hydrogen-bond acceptors (Lipinski definition) is 2. The van der Waals surface area contributed by atoms with Gasteiger partial charge in [-0.25, -0.2) is 0 Å². The van der Waals surface area contributed by atoms with Crippen molar-refractivity contribution in [3.63, 3.8) is 0 Å². The smallest absolute Gasteiger partial charge is 0.0379 e. The second kappa shape index (κ2) is 3.28. The average molecular weight is 226 g/mol. The molecule has 0 aromatic rings. The number of fused-ring (bicyclic) bond motifs is 1. The minimum Gasteiger partial charge on any atom is -0.388 e. The summed E-state index contributed by atoms with van der Waals surface area (Å²) in [5, 5.41) is 7.07. The third kappa shape index (κ3) is 1.27. The first-order chi connectivity index (χ1) is 8.33. The van der Waals surface area contributed by atoms with E-state index in [4.69, 9.17) is 0 Å². The molecular formula is C15H18N2. The van der Waals surface area contributed by atoms with Crippen LogP contribution in [0.25, 0.3) is 0 Å². The molecule has 4 aliphatic rings. The molecule has 2 aliphatic heterocycles. The van der Waals surface area contributed by atoms with Crippen LogP contribution >= 0.6 is 0 Å². The van der Waals surface area contributed by atoms with E-state index in [9.17, 15) is 0 Å². The molecule has 2 nitrogen and oxygen atoms in total. The Kier molecular flexibility index (Phi) is 1.85. The van der Waals surface area contributed by atoms with Gasteiger partial charge in [0, 0.05) is 36.0 Å². The van der Waals surface area contributed by atoms with E-state index >= 15 is 0 Å². The Balaban J connectivity index is 1.92. The van der Waals surface area contributed by atoms with Gasteiger partial charge in [0.2, 0.25) is 0 Å². The first kappa shape index (κ1) is 9.58. The van der Waals surface area contributed by atoms with Gasteiger partial charge in [0.05, 0.1) is 0 Å². The second-order valence-electron chi connectivity index (χ2n) is 5.53. The highest BCUT2D eigenvalue weighted by molar-refractivity contribution is 5.61. The van der Waals surface area contributed by atoms with Gasteiger partial charge < -0.3 is 10.6 Å². The summed E-state index contributed by atoms with van der Waals surface area (Å²) in [5.41, 5.74) is 9.23. The van der Waals surface area contributed by atoms with Crippen LogP contribution in [0.15, 0.2) is 45.8 Å². The monoisotopic (exact) mass is 226 g/mol. The minimum absolute atomic E-state index is 0.715. The third-order valence-corrected chi connectivity index (χ3v) is 4.44. The van der Waals surface area contributed by atoms with Crippen LogP contribution in [0.5, 0.6) is 0 Å². The molecule has 0 radical (unpaired) electrons. The zero-order valence-corrected chi connectivity index (χ0v) is 10.3. The lowest BCUT2D eigenvalue weighted by atomic mass is 9.74. The van der Waals surface area contributed by atoms with E-state index in [1.54, 1.807) is 22.3 Å². The van der Waals surface area contributed by atoms with Gasteiger partial charge >= 0.3 is 0 Å². The van der Waals surface area contributed by atoms with Gasteiger partial charge in [-0.05, 0) is 49.0 Å². The Morgan fingerprint density at radius 2 is 2.24 bits per heavy atom. The highest BCUT2D eigenvalue weighted by atomic mass is 14.9. The van der Waals surface area contributed by atoms with Crippen LogP contribution in [0.1, 0.15) is 26.2 Å². The summed E-state index contributed by atoms with van der Waals surface area (Å²) in [6.07, 6.45) is 8.44. The maximum Gasteiger partial charge on any atom is 0.0379 e. The van der Waals surface area contributed by atoms with E-state index in [-0.39, 0.29) is 0 Å². The summed E-state index contributed by atoms with van der Waals surface area (Å²) in [6.45, 7) is 4.38. The largest absolute Gasteiger partial charge is 0.388 e. The Hall–Kier alpha value is -1.44. The van der Waals surface area contributed by atoms with Crippen molar-refractivity contribution in [2.45, 2.75) is 26.2 Å². The van der Waals surface area contributed by atoms with Crippen molar-refractivity contribution in [1.29, 1.82) is 0 Å². The first-order valence-corrected chi connectivity index (χ1v) is 6.65. The molecule has 0 bridgehead atoms. The zero-order valence-electron chi connectivity index (χ0n) is 10.3. The second-order valence-corrected chi connectivity index (χ2v) is 5.53. The molecule has 1 atom stereocenters. The maximum absolute atomic E-state index is 3.56. The fraction of sp³-hybridized carbons (Fsp3) is 0.467. The van der Waals surface area contributed by atoms with Gasteiger partial charge in [-0.2, -0.15) is 0 Å². The molecule has 0 saturated heterocycles. The average Bonchev–Trinajstić information content (AvgIpc) is 2.75. The molecule has 88 valence electrons. The van der Waals surface area contributed by atoms with Gasteiger partial charge in [-0.3, -0.25) is 0 Å². The van der Waals surface area contributed by atoms with Crippen LogP contribution in [0.2, 0.25) is 0 Å². The molecule has 0 saturated carbocycles. The lowest BCUT2D eigenvalue weighted by Gasteiger charge is -2.33. The summed E-state index contributed by atoms with van der Waals surface area (Å²) in [6, 6.07) is 0. The quantitative estimate of drug-likeness (QED) is 0.662. The van der Waals surface area contributed by atoms with Crippen LogP contribution in [-0.4, -0.2) is 13.1 Å². The van der Waals surface area contributed by atoms with Crippen molar-refractivity contribution in [2.24, 2.45) is 5.92 Å². The molecule has 2 N–H and O–H groups in total. The van der Waals surface area contributed by atoms with Crippen molar-refractivity contribution in [3.8, 4) is 0 Å². The van der Waals surface area contributed by atoms with Gasteiger partial charge in [0.25, 0.3) is 0 Å². The zero-order chi connectivity index (χ0) is 11.4. The van der Waals surface area contributed by atoms with E-state index in [1.165, 1.54) is 30.7 Å². The van der Waals surface area contributed by atoms with E-state index in [1.807, 2.05) is 0 Å². The van der Waals surface area contributed by atoms with Crippen LogP contribution in [0.3, 0.4) is 0 Å². The molecule has 2 heterocycles. The molecule has 0 fully saturated rings. The number of allylic oxidation sites excluding steroid dienone is 4. The van der Waals surface area contributed by atoms with Gasteiger partial charge in [-0.15, -0.1) is 0 Å². The SMILES string of the molecule is CC1=CC2=C3CCC=C4NCC(=C43)CC2CN1. The van der Waals surface area contributed by atoms with Crippen molar-refractivity contribution in [3.05, 3.63) is 45.8 Å². The molecule has 2 aliphatic carbocycles. The molecule has 4 rings (SSSR count). The fourth-order valence-corrected chi connectivity index (χ4v) is 3.68. The van der Waals surface area contributed by atoms with E-state index in [0.29, 0.717) is 5.92 Å². The van der Waals surface area contributed by atoms with Gasteiger partial charge in [0.1, 0.15) is 0 Å². The maximum atomic E-state index is 3.56. The molecule has 0 amide bonds. The molecular weight excluding hydrogens is 208 g/mol. The molecule has 17 heavy (non-hydrogen) atoms. The predicted molar refractivity (Wildman–Crippen MR) is 69.2 cm³/mol. The van der Waals surface area contributed by atoms with E-state index in [2.05, 4.69) is 29.7 Å². The summed E-state index contributed by atoms with van der Waals surface area (Å²) in [5.74, 6) is 0.715. The van der Waals surface area contributed by atoms with Crippen molar-refractivity contribution >= 4 is 0 Å². The number of nitrogens with one attached hydrogen (secondary N) is 2. The highest BCUT2D eigenvalue weighted by Gasteiger charge is 2.34. The highest BCUT2D eigenvalue weighted by Crippen LogP contribution is 2.45. The lowest BCUT2D eigenvalue weighted by Crippen LogP contribution is -2.30. The molecule has 0 aromatic heterocycles. The van der Waals surface area contributed by atoms with Crippen LogP contribution < -0.4 is 10.6 Å². The standard InChI is InChI=1S/C15H18N2/c1-9-5-13-10(7-16-9)6-11-8-17-14-4-2-3-12(13)15(11)14/h4-5,10,16-17H,2-3,6-8H2,1H3. The number of hydrogen-bond donors (Lipinski definition) is 2. The van der Waals surface area contributed by atoms with E-state index < -0.39 is 0 Å². The minimum atomic E-state index is 0.715. The van der Waals surface area contributed by atoms with Crippen molar-refractivity contribution < 1.29 is 0 Å².